The van der Waals surface area contributed by atoms with Crippen molar-refractivity contribution in [2.45, 2.75) is 33.4 Å². The van der Waals surface area contributed by atoms with Gasteiger partial charge in [-0.2, -0.15) is 0 Å². The molecule has 7 heteroatoms. The quantitative estimate of drug-likeness (QED) is 0.474. The zero-order chi connectivity index (χ0) is 23.5. The summed E-state index contributed by atoms with van der Waals surface area (Å²) in [6, 6.07) is 17.9. The summed E-state index contributed by atoms with van der Waals surface area (Å²) in [7, 11) is 3.98. The highest BCUT2D eigenvalue weighted by molar-refractivity contribution is 5.83. The van der Waals surface area contributed by atoms with Crippen LogP contribution in [0.15, 0.2) is 65.7 Å². The lowest BCUT2D eigenvalue weighted by atomic mass is 10.2. The van der Waals surface area contributed by atoms with Crippen molar-refractivity contribution in [3.8, 4) is 5.69 Å². The van der Waals surface area contributed by atoms with Gasteiger partial charge in [0.05, 0.1) is 11.7 Å². The molecule has 0 unspecified atom stereocenters. The molecule has 2 heterocycles. The molecule has 0 fully saturated rings. The average molecular weight is 444 g/mol. The van der Waals surface area contributed by atoms with Crippen molar-refractivity contribution >= 4 is 22.6 Å². The maximum atomic E-state index is 13.2. The molecule has 0 aliphatic rings. The molecule has 0 aliphatic heterocycles. The smallest absolute Gasteiger partial charge is 0.263 e. The standard InChI is InChI=1S/C26H29N5O2/c1-18-19(2)31(22-8-6-5-7-9-22)25-24(18)26(33)30(17-28-25)15-14-23(32)27-16-20-10-12-21(13-11-20)29(3)4/h5-13,17H,14-16H2,1-4H3,(H,27,32). The molecule has 0 spiro atoms. The van der Waals surface area contributed by atoms with E-state index in [1.807, 2.05) is 92.0 Å². The van der Waals surface area contributed by atoms with E-state index in [1.54, 1.807) is 0 Å². The minimum atomic E-state index is -0.123. The fourth-order valence-corrected chi connectivity index (χ4v) is 3.96. The first-order chi connectivity index (χ1) is 15.9. The summed E-state index contributed by atoms with van der Waals surface area (Å²) in [6.45, 7) is 4.67. The second kappa shape index (κ2) is 9.32. The van der Waals surface area contributed by atoms with Crippen LogP contribution >= 0.6 is 0 Å². The third-order valence-corrected chi connectivity index (χ3v) is 6.02. The van der Waals surface area contributed by atoms with Crippen LogP contribution in [-0.4, -0.2) is 34.1 Å². The fourth-order valence-electron chi connectivity index (χ4n) is 3.96. The number of fused-ring (bicyclic) bond motifs is 1. The maximum Gasteiger partial charge on any atom is 0.263 e. The van der Waals surface area contributed by atoms with Crippen LogP contribution < -0.4 is 15.8 Å². The number of hydrogen-bond acceptors (Lipinski definition) is 4. The average Bonchev–Trinajstić information content (AvgIpc) is 3.08. The molecule has 0 aliphatic carbocycles. The van der Waals surface area contributed by atoms with Crippen molar-refractivity contribution in [2.75, 3.05) is 19.0 Å². The van der Waals surface area contributed by atoms with Crippen molar-refractivity contribution in [2.24, 2.45) is 0 Å². The van der Waals surface area contributed by atoms with Crippen LogP contribution in [0.5, 0.6) is 0 Å². The number of aromatic nitrogens is 3. The van der Waals surface area contributed by atoms with E-state index in [9.17, 15) is 9.59 Å². The van der Waals surface area contributed by atoms with Crippen LogP contribution in [0.2, 0.25) is 0 Å². The number of nitrogens with zero attached hydrogens (tertiary/aromatic N) is 4. The van der Waals surface area contributed by atoms with Gasteiger partial charge in [0.2, 0.25) is 5.91 Å². The Morgan fingerprint density at radius 2 is 1.73 bits per heavy atom. The molecule has 0 atom stereocenters. The molecule has 33 heavy (non-hydrogen) atoms. The number of para-hydroxylation sites is 1. The van der Waals surface area contributed by atoms with Gasteiger partial charge in [-0.1, -0.05) is 30.3 Å². The third-order valence-electron chi connectivity index (χ3n) is 6.02. The number of hydrogen-bond donors (Lipinski definition) is 1. The number of rotatable bonds is 7. The van der Waals surface area contributed by atoms with E-state index < -0.39 is 0 Å². The van der Waals surface area contributed by atoms with E-state index in [0.717, 1.165) is 28.2 Å². The van der Waals surface area contributed by atoms with Gasteiger partial charge in [-0.25, -0.2) is 4.98 Å². The molecule has 0 saturated carbocycles. The van der Waals surface area contributed by atoms with E-state index in [1.165, 1.54) is 10.9 Å². The summed E-state index contributed by atoms with van der Waals surface area (Å²) in [5.41, 5.74) is 5.52. The minimum Gasteiger partial charge on any atom is -0.378 e. The van der Waals surface area contributed by atoms with Crippen molar-refractivity contribution in [1.82, 2.24) is 19.4 Å². The topological polar surface area (TPSA) is 72.2 Å². The second-order valence-electron chi connectivity index (χ2n) is 8.41. The Morgan fingerprint density at radius 3 is 2.39 bits per heavy atom. The fraction of sp³-hybridized carbons (Fsp3) is 0.269. The molecule has 4 rings (SSSR count). The molecule has 0 saturated heterocycles. The van der Waals surface area contributed by atoms with Crippen LogP contribution in [0.4, 0.5) is 5.69 Å². The minimum absolute atomic E-state index is 0.103. The number of carbonyl (C=O) groups excluding carboxylic acids is 1. The molecular weight excluding hydrogens is 414 g/mol. The van der Waals surface area contributed by atoms with E-state index in [2.05, 4.69) is 10.3 Å². The van der Waals surface area contributed by atoms with E-state index in [0.29, 0.717) is 17.6 Å². The first-order valence-electron chi connectivity index (χ1n) is 11.0. The van der Waals surface area contributed by atoms with Crippen molar-refractivity contribution in [1.29, 1.82) is 0 Å². The lowest BCUT2D eigenvalue weighted by Gasteiger charge is -2.13. The third kappa shape index (κ3) is 4.53. The van der Waals surface area contributed by atoms with Crippen LogP contribution in [0.25, 0.3) is 16.7 Å². The molecule has 4 aromatic rings. The van der Waals surface area contributed by atoms with Crippen molar-refractivity contribution in [3.05, 3.63) is 88.1 Å². The van der Waals surface area contributed by atoms with Crippen LogP contribution in [-0.2, 0) is 17.9 Å². The van der Waals surface area contributed by atoms with Gasteiger partial charge in [0.15, 0.2) is 5.65 Å². The molecule has 0 bridgehead atoms. The normalized spacial score (nSPS) is 11.0. The van der Waals surface area contributed by atoms with Crippen LogP contribution in [0, 0.1) is 13.8 Å². The predicted molar refractivity (Wildman–Crippen MR) is 132 cm³/mol. The predicted octanol–water partition coefficient (Wildman–Crippen LogP) is 3.58. The van der Waals surface area contributed by atoms with Gasteiger partial charge in [0, 0.05) is 50.7 Å². The monoisotopic (exact) mass is 443 g/mol. The van der Waals surface area contributed by atoms with Crippen molar-refractivity contribution in [3.63, 3.8) is 0 Å². The van der Waals surface area contributed by atoms with Gasteiger partial charge in [0.25, 0.3) is 5.56 Å². The van der Waals surface area contributed by atoms with E-state index in [-0.39, 0.29) is 24.4 Å². The Morgan fingerprint density at radius 1 is 1.03 bits per heavy atom. The number of carbonyl (C=O) groups is 1. The van der Waals surface area contributed by atoms with Gasteiger partial charge in [-0.3, -0.25) is 18.7 Å². The molecular formula is C26H29N5O2. The summed E-state index contributed by atoms with van der Waals surface area (Å²) < 4.78 is 3.53. The molecule has 2 aromatic carbocycles. The molecule has 1 amide bonds. The number of nitrogens with one attached hydrogen (secondary N) is 1. The van der Waals surface area contributed by atoms with Crippen LogP contribution in [0.1, 0.15) is 23.2 Å². The largest absolute Gasteiger partial charge is 0.378 e. The van der Waals surface area contributed by atoms with E-state index in [4.69, 9.17) is 0 Å². The van der Waals surface area contributed by atoms with Gasteiger partial charge in [0.1, 0.15) is 0 Å². The summed E-state index contributed by atoms with van der Waals surface area (Å²) in [5.74, 6) is -0.103. The molecule has 0 radical (unpaired) electrons. The molecule has 2 aromatic heterocycles. The van der Waals surface area contributed by atoms with Gasteiger partial charge in [-0.15, -0.1) is 0 Å². The van der Waals surface area contributed by atoms with E-state index >= 15 is 0 Å². The van der Waals surface area contributed by atoms with Gasteiger partial charge >= 0.3 is 0 Å². The summed E-state index contributed by atoms with van der Waals surface area (Å²) in [4.78, 5) is 32.2. The number of aryl methyl sites for hydroxylation is 2. The number of anilines is 1. The summed E-state index contributed by atoms with van der Waals surface area (Å²) in [5, 5.41) is 3.53. The Kier molecular flexibility index (Phi) is 6.31. The Hall–Kier alpha value is -3.87. The highest BCUT2D eigenvalue weighted by Crippen LogP contribution is 2.24. The lowest BCUT2D eigenvalue weighted by Crippen LogP contribution is -2.27. The zero-order valence-electron chi connectivity index (χ0n) is 19.5. The molecule has 170 valence electrons. The summed E-state index contributed by atoms with van der Waals surface area (Å²) in [6.07, 6.45) is 1.75. The molecule has 7 nitrogen and oxygen atoms in total. The maximum absolute atomic E-state index is 13.2. The van der Waals surface area contributed by atoms with Crippen molar-refractivity contribution < 1.29 is 4.79 Å². The highest BCUT2D eigenvalue weighted by Gasteiger charge is 2.18. The first kappa shape index (κ1) is 22.3. The van der Waals surface area contributed by atoms with Gasteiger partial charge in [-0.05, 0) is 49.2 Å². The SMILES string of the molecule is Cc1c(C)n(-c2ccccc2)c2ncn(CCC(=O)NCc3ccc(N(C)C)cc3)c(=O)c12. The molecule has 1 N–H and O–H groups in total. The zero-order valence-corrected chi connectivity index (χ0v) is 19.5. The number of benzene rings is 2. The van der Waals surface area contributed by atoms with Gasteiger partial charge < -0.3 is 10.2 Å². The highest BCUT2D eigenvalue weighted by atomic mass is 16.1. The first-order valence-corrected chi connectivity index (χ1v) is 11.0. The summed E-state index contributed by atoms with van der Waals surface area (Å²) >= 11 is 0. The lowest BCUT2D eigenvalue weighted by molar-refractivity contribution is -0.121. The Labute approximate surface area is 193 Å². The number of amides is 1. The Bertz CT molecular complexity index is 1340. The Balaban J connectivity index is 1.47. The van der Waals surface area contributed by atoms with Crippen LogP contribution in [0.3, 0.4) is 0 Å². The second-order valence-corrected chi connectivity index (χ2v) is 8.41.